The summed E-state index contributed by atoms with van der Waals surface area (Å²) in [5, 5.41) is 0. The van der Waals surface area contributed by atoms with E-state index in [2.05, 4.69) is 41.5 Å². The van der Waals surface area contributed by atoms with Crippen molar-refractivity contribution in [2.45, 2.75) is 138 Å². The third-order valence-corrected chi connectivity index (χ3v) is 12.1. The van der Waals surface area contributed by atoms with Crippen LogP contribution >= 0.6 is 0 Å². The summed E-state index contributed by atoms with van der Waals surface area (Å²) in [6.45, 7) is 15.1. The van der Waals surface area contributed by atoms with Gasteiger partial charge in [-0.25, -0.2) is 0 Å². The number of hydrogen-bond acceptors (Lipinski definition) is 5. The molecule has 5 heteroatoms. The molecule has 0 aromatic heterocycles. The van der Waals surface area contributed by atoms with E-state index in [0.717, 1.165) is 37.5 Å². The molecule has 39 heavy (non-hydrogen) atoms. The zero-order valence-corrected chi connectivity index (χ0v) is 26.0. The van der Waals surface area contributed by atoms with E-state index in [1.54, 1.807) is 0 Å². The van der Waals surface area contributed by atoms with Crippen molar-refractivity contribution in [3.63, 3.8) is 0 Å². The van der Waals surface area contributed by atoms with Crippen LogP contribution in [0.3, 0.4) is 0 Å². The van der Waals surface area contributed by atoms with Gasteiger partial charge in [0.25, 0.3) is 0 Å². The van der Waals surface area contributed by atoms with Gasteiger partial charge in [0, 0.05) is 12.3 Å². The Hall–Kier alpha value is -1.23. The lowest BCUT2D eigenvalue weighted by molar-refractivity contribution is -0.168. The highest BCUT2D eigenvalue weighted by atomic mass is 16.5. The SMILES string of the molecule is CC(=O)[C@H]1CC[C@H]2[C@@H]3CC[C@H]4C[C@H](OC(=O)[C@@H](CC(=O)[C@@H](N)CC(C)C)CC(C)C)CC[C@]4(C)[C@H]3CC[C@]12C. The maximum atomic E-state index is 13.4. The fraction of sp³-hybridized carbons (Fsp3) is 0.912. The number of carbonyl (C=O) groups is 3. The number of esters is 1. The zero-order valence-electron chi connectivity index (χ0n) is 26.0. The summed E-state index contributed by atoms with van der Waals surface area (Å²) in [5.41, 5.74) is 6.67. The van der Waals surface area contributed by atoms with Crippen LogP contribution in [0.5, 0.6) is 0 Å². The highest BCUT2D eigenvalue weighted by Crippen LogP contribution is 2.67. The van der Waals surface area contributed by atoms with Crippen molar-refractivity contribution in [2.24, 2.45) is 63.9 Å². The summed E-state index contributed by atoms with van der Waals surface area (Å²) in [5.74, 6) is 3.48. The summed E-state index contributed by atoms with van der Waals surface area (Å²) in [6, 6.07) is -0.499. The van der Waals surface area contributed by atoms with Crippen molar-refractivity contribution < 1.29 is 19.1 Å². The van der Waals surface area contributed by atoms with Gasteiger partial charge in [-0.1, -0.05) is 41.5 Å². The van der Waals surface area contributed by atoms with E-state index in [0.29, 0.717) is 47.7 Å². The van der Waals surface area contributed by atoms with Gasteiger partial charge < -0.3 is 10.5 Å². The number of ether oxygens (including phenoxy) is 1. The van der Waals surface area contributed by atoms with Crippen LogP contribution in [-0.2, 0) is 19.1 Å². The monoisotopic (exact) mass is 543 g/mol. The standard InChI is InChI=1S/C34H57NO4/c1-20(2)16-23(18-31(37)30(35)17-21(3)4)32(38)39-25-12-14-33(6)24(19-25)8-9-26-28-11-10-27(22(5)36)34(28,7)15-13-29(26)33/h20-21,23-30H,8-19,35H2,1-7H3/t23-,24+,25-,26+,27-,28+,29+,30+,33+,34-/m1/s1. The molecule has 0 unspecified atom stereocenters. The van der Waals surface area contributed by atoms with Crippen molar-refractivity contribution in [1.29, 1.82) is 0 Å². The van der Waals surface area contributed by atoms with E-state index in [-0.39, 0.29) is 35.6 Å². The summed E-state index contributed by atoms with van der Waals surface area (Å²) >= 11 is 0. The number of carbonyl (C=O) groups excluding carboxylic acids is 3. The first-order chi connectivity index (χ1) is 18.3. The molecule has 4 aliphatic carbocycles. The Morgan fingerprint density at radius 1 is 0.846 bits per heavy atom. The second kappa shape index (κ2) is 11.9. The van der Waals surface area contributed by atoms with Crippen LogP contribution in [0.15, 0.2) is 0 Å². The van der Waals surface area contributed by atoms with Gasteiger partial charge in [-0.15, -0.1) is 0 Å². The molecule has 4 saturated carbocycles. The summed E-state index contributed by atoms with van der Waals surface area (Å²) < 4.78 is 6.20. The third kappa shape index (κ3) is 6.19. The van der Waals surface area contributed by atoms with Crippen LogP contribution in [0.1, 0.15) is 126 Å². The fourth-order valence-corrected chi connectivity index (χ4v) is 10.1. The van der Waals surface area contributed by atoms with Gasteiger partial charge in [-0.2, -0.15) is 0 Å². The van der Waals surface area contributed by atoms with Gasteiger partial charge in [0.15, 0.2) is 0 Å². The van der Waals surface area contributed by atoms with Gasteiger partial charge >= 0.3 is 5.97 Å². The third-order valence-electron chi connectivity index (χ3n) is 12.1. The number of rotatable bonds is 10. The molecule has 5 nitrogen and oxygen atoms in total. The molecule has 0 bridgehead atoms. The molecule has 222 valence electrons. The average Bonchev–Trinajstić information content (AvgIpc) is 3.20. The van der Waals surface area contributed by atoms with Crippen LogP contribution in [0.25, 0.3) is 0 Å². The predicted octanol–water partition coefficient (Wildman–Crippen LogP) is 7.14. The zero-order chi connectivity index (χ0) is 28.7. The number of fused-ring (bicyclic) bond motifs is 5. The molecule has 0 heterocycles. The van der Waals surface area contributed by atoms with Crippen LogP contribution < -0.4 is 5.73 Å². The second-order valence-corrected chi connectivity index (χ2v) is 15.5. The molecule has 0 radical (unpaired) electrons. The molecule has 0 aromatic carbocycles. The van der Waals surface area contributed by atoms with E-state index in [1.165, 1.54) is 32.1 Å². The van der Waals surface area contributed by atoms with E-state index < -0.39 is 12.0 Å². The number of hydrogen-bond donors (Lipinski definition) is 1. The van der Waals surface area contributed by atoms with Crippen molar-refractivity contribution in [2.75, 3.05) is 0 Å². The minimum Gasteiger partial charge on any atom is -0.462 e. The molecule has 10 atom stereocenters. The van der Waals surface area contributed by atoms with Crippen molar-refractivity contribution in [3.8, 4) is 0 Å². The lowest BCUT2D eigenvalue weighted by Gasteiger charge is -2.61. The van der Waals surface area contributed by atoms with Crippen LogP contribution in [0.4, 0.5) is 0 Å². The van der Waals surface area contributed by atoms with Crippen LogP contribution in [-0.4, -0.2) is 29.7 Å². The van der Waals surface area contributed by atoms with E-state index in [4.69, 9.17) is 10.5 Å². The quantitative estimate of drug-likeness (QED) is 0.296. The van der Waals surface area contributed by atoms with Gasteiger partial charge in [0.1, 0.15) is 17.7 Å². The predicted molar refractivity (Wildman–Crippen MR) is 156 cm³/mol. The molecule has 0 amide bonds. The Morgan fingerprint density at radius 3 is 2.13 bits per heavy atom. The largest absolute Gasteiger partial charge is 0.462 e. The number of ketones is 2. The molecule has 0 saturated heterocycles. The molecule has 0 aliphatic heterocycles. The van der Waals surface area contributed by atoms with Crippen molar-refractivity contribution >= 4 is 17.5 Å². The van der Waals surface area contributed by atoms with E-state index in [9.17, 15) is 14.4 Å². The molecule has 0 aromatic rings. The maximum absolute atomic E-state index is 13.4. The Bertz CT molecular complexity index is 913. The summed E-state index contributed by atoms with van der Waals surface area (Å²) in [6.07, 6.45) is 11.7. The Kier molecular flexibility index (Phi) is 9.41. The van der Waals surface area contributed by atoms with Crippen molar-refractivity contribution in [3.05, 3.63) is 0 Å². The number of nitrogens with two attached hydrogens (primary N) is 1. The average molecular weight is 544 g/mol. The van der Waals surface area contributed by atoms with Gasteiger partial charge in [-0.3, -0.25) is 14.4 Å². The topological polar surface area (TPSA) is 86.5 Å². The van der Waals surface area contributed by atoms with Gasteiger partial charge in [0.2, 0.25) is 0 Å². The van der Waals surface area contributed by atoms with E-state index >= 15 is 0 Å². The highest BCUT2D eigenvalue weighted by Gasteiger charge is 2.61. The lowest BCUT2D eigenvalue weighted by Crippen LogP contribution is -2.54. The molecular formula is C34H57NO4. The first-order valence-electron chi connectivity index (χ1n) is 16.3. The molecule has 4 aliphatic rings. The smallest absolute Gasteiger partial charge is 0.309 e. The normalized spacial score (nSPS) is 39.4. The van der Waals surface area contributed by atoms with E-state index in [1.807, 2.05) is 6.92 Å². The molecule has 4 fully saturated rings. The minimum atomic E-state index is -0.499. The highest BCUT2D eigenvalue weighted by molar-refractivity contribution is 5.88. The van der Waals surface area contributed by atoms with Gasteiger partial charge in [-0.05, 0) is 124 Å². The van der Waals surface area contributed by atoms with Crippen molar-refractivity contribution in [1.82, 2.24) is 0 Å². The van der Waals surface area contributed by atoms with Crippen LogP contribution in [0.2, 0.25) is 0 Å². The Balaban J connectivity index is 1.38. The Morgan fingerprint density at radius 2 is 1.49 bits per heavy atom. The summed E-state index contributed by atoms with van der Waals surface area (Å²) in [4.78, 5) is 38.7. The maximum Gasteiger partial charge on any atom is 0.309 e. The molecule has 0 spiro atoms. The Labute approximate surface area is 238 Å². The second-order valence-electron chi connectivity index (χ2n) is 15.5. The molecular weight excluding hydrogens is 486 g/mol. The number of Topliss-reactive ketones (excluding diaryl/α,β-unsaturated/α-hetero) is 2. The van der Waals surface area contributed by atoms with Crippen LogP contribution in [0, 0.1) is 58.2 Å². The van der Waals surface area contributed by atoms with Gasteiger partial charge in [0.05, 0.1) is 12.0 Å². The summed E-state index contributed by atoms with van der Waals surface area (Å²) in [7, 11) is 0. The first-order valence-corrected chi connectivity index (χ1v) is 16.3. The molecule has 4 rings (SSSR count). The molecule has 2 N–H and O–H groups in total. The first kappa shape index (κ1) is 30.7. The lowest BCUT2D eigenvalue weighted by atomic mass is 9.44. The minimum absolute atomic E-state index is 0.0101. The fourth-order valence-electron chi connectivity index (χ4n) is 10.1.